The first-order chi connectivity index (χ1) is 25.5. The van der Waals surface area contributed by atoms with Crippen molar-refractivity contribution in [3.05, 3.63) is 125 Å². The number of sulfonamides is 1. The van der Waals surface area contributed by atoms with E-state index in [1.54, 1.807) is 84.9 Å². The van der Waals surface area contributed by atoms with Crippen molar-refractivity contribution in [3.63, 3.8) is 0 Å². The average Bonchev–Trinajstić information content (AvgIpc) is 3.58. The molecular formula is C39H38ClN4O8S+. The topological polar surface area (TPSA) is 149 Å². The Morgan fingerprint density at radius 3 is 2.28 bits per heavy atom. The van der Waals surface area contributed by atoms with Gasteiger partial charge in [-0.05, 0) is 77.0 Å². The monoisotopic (exact) mass is 757 g/mol. The molecule has 1 aliphatic rings. The molecule has 12 nitrogen and oxygen atoms in total. The highest BCUT2D eigenvalue weighted by Crippen LogP contribution is 2.30. The highest BCUT2D eigenvalue weighted by molar-refractivity contribution is 7.89. The van der Waals surface area contributed by atoms with Crippen LogP contribution in [0.4, 0.5) is 16.2 Å². The lowest BCUT2D eigenvalue weighted by Gasteiger charge is -2.31. The number of carbonyl (C=O) groups excluding carboxylic acids is 3. The van der Waals surface area contributed by atoms with Gasteiger partial charge in [0.05, 0.1) is 60.1 Å². The number of nitrogens with zero attached hydrogens (tertiary/aromatic N) is 1. The molecule has 1 heterocycles. The summed E-state index contributed by atoms with van der Waals surface area (Å²) in [5, 5.41) is 7.55. The Labute approximate surface area is 312 Å². The first kappa shape index (κ1) is 37.3. The van der Waals surface area contributed by atoms with E-state index in [0.717, 1.165) is 10.8 Å². The standard InChI is InChI=1S/C39H37ClN4O8S/c1-50-36-21-26(11-18-35(36)42-39(47)41-34-10-6-5-9-33(34)40)22-37(45)44(25-52-31-15-12-28(13-16-31)38(46)51-2)20-19-30(24-44)43-53(48,49)32-17-14-27-7-3-4-8-29(27)23-32/h3-18,21,23,30,43H,19-20,22,24-25H2,1-2H3,(H-,41,42,47)/p+1. The second kappa shape index (κ2) is 16.0. The zero-order chi connectivity index (χ0) is 37.6. The first-order valence-electron chi connectivity index (χ1n) is 16.7. The van der Waals surface area contributed by atoms with Crippen molar-refractivity contribution in [2.75, 3.05) is 44.7 Å². The van der Waals surface area contributed by atoms with Crippen molar-refractivity contribution in [1.82, 2.24) is 4.72 Å². The Hall–Kier alpha value is -5.47. The first-order valence-corrected chi connectivity index (χ1v) is 18.6. The van der Waals surface area contributed by atoms with Gasteiger partial charge in [-0.1, -0.05) is 60.1 Å². The van der Waals surface area contributed by atoms with Gasteiger partial charge in [-0.3, -0.25) is 0 Å². The lowest BCUT2D eigenvalue weighted by Crippen LogP contribution is -2.55. The van der Waals surface area contributed by atoms with Crippen LogP contribution in [-0.2, 0) is 26.0 Å². The highest BCUT2D eigenvalue weighted by atomic mass is 35.5. The number of quaternary nitrogens is 1. The van der Waals surface area contributed by atoms with Crippen LogP contribution in [-0.4, -0.2) is 70.9 Å². The number of benzene rings is 5. The molecule has 0 aromatic heterocycles. The summed E-state index contributed by atoms with van der Waals surface area (Å²) in [6, 6.07) is 29.6. The van der Waals surface area contributed by atoms with Gasteiger partial charge in [0.2, 0.25) is 16.8 Å². The number of amides is 3. The Kier molecular flexibility index (Phi) is 11.3. The van der Waals surface area contributed by atoms with Crippen LogP contribution in [0.3, 0.4) is 0 Å². The molecule has 5 aromatic carbocycles. The van der Waals surface area contributed by atoms with E-state index in [0.29, 0.717) is 52.0 Å². The van der Waals surface area contributed by atoms with Gasteiger partial charge in [-0.2, -0.15) is 0 Å². The van der Waals surface area contributed by atoms with Crippen LogP contribution in [0, 0.1) is 0 Å². The van der Waals surface area contributed by atoms with Crippen LogP contribution in [0.25, 0.3) is 10.8 Å². The fourth-order valence-corrected chi connectivity index (χ4v) is 7.75. The van der Waals surface area contributed by atoms with Crippen LogP contribution in [0.15, 0.2) is 114 Å². The number of ether oxygens (including phenoxy) is 3. The van der Waals surface area contributed by atoms with E-state index in [4.69, 9.17) is 25.8 Å². The van der Waals surface area contributed by atoms with E-state index in [1.807, 2.05) is 24.3 Å². The maximum atomic E-state index is 14.3. The average molecular weight is 758 g/mol. The number of urea groups is 1. The summed E-state index contributed by atoms with van der Waals surface area (Å²) in [6.45, 7) is 0.372. The number of rotatable bonds is 12. The third kappa shape index (κ3) is 8.78. The molecule has 1 aliphatic heterocycles. The minimum atomic E-state index is -3.92. The fraction of sp³-hybridized carbons (Fsp3) is 0.205. The fourth-order valence-electron chi connectivity index (χ4n) is 6.27. The van der Waals surface area contributed by atoms with Crippen LogP contribution < -0.4 is 24.8 Å². The van der Waals surface area contributed by atoms with Crippen molar-refractivity contribution >= 4 is 61.7 Å². The third-order valence-electron chi connectivity index (χ3n) is 9.10. The van der Waals surface area contributed by atoms with Crippen LogP contribution in [0.2, 0.25) is 5.02 Å². The Balaban J connectivity index is 1.20. The Bertz CT molecular complexity index is 2270. The molecule has 3 amide bonds. The summed E-state index contributed by atoms with van der Waals surface area (Å²) in [5.41, 5.74) is 1.77. The number of anilines is 2. The highest BCUT2D eigenvalue weighted by Gasteiger charge is 2.46. The molecule has 0 bridgehead atoms. The normalized spacial score (nSPS) is 16.8. The largest absolute Gasteiger partial charge is 0.495 e. The van der Waals surface area contributed by atoms with E-state index in [-0.39, 0.29) is 35.0 Å². The number of hydrogen-bond acceptors (Lipinski definition) is 8. The van der Waals surface area contributed by atoms with Crippen LogP contribution in [0.1, 0.15) is 22.3 Å². The summed E-state index contributed by atoms with van der Waals surface area (Å²) in [6.07, 6.45) is 0.354. The van der Waals surface area contributed by atoms with Gasteiger partial charge in [-0.15, -0.1) is 0 Å². The van der Waals surface area contributed by atoms with Crippen molar-refractivity contribution in [2.24, 2.45) is 0 Å². The smallest absolute Gasteiger partial charge is 0.337 e. The number of para-hydroxylation sites is 1. The van der Waals surface area contributed by atoms with Gasteiger partial charge in [0.1, 0.15) is 18.0 Å². The maximum absolute atomic E-state index is 14.3. The summed E-state index contributed by atoms with van der Waals surface area (Å²) >= 11 is 6.17. The SMILES string of the molecule is COC(=O)c1ccc(OC[N+]2(C(=O)Cc3ccc(NC(=O)Nc4ccccc4Cl)c(OC)c3)CCC(NS(=O)(=O)c3ccc4ccccc4c3)C2)cc1. The van der Waals surface area contributed by atoms with E-state index in [9.17, 15) is 22.8 Å². The zero-order valence-electron chi connectivity index (χ0n) is 29.0. The molecule has 14 heteroatoms. The molecule has 5 aromatic rings. The zero-order valence-corrected chi connectivity index (χ0v) is 30.6. The summed E-state index contributed by atoms with van der Waals surface area (Å²) in [5.74, 6) is 0.0628. The van der Waals surface area contributed by atoms with Gasteiger partial charge in [0.25, 0.3) is 0 Å². The van der Waals surface area contributed by atoms with Gasteiger partial charge in [0, 0.05) is 6.42 Å². The van der Waals surface area contributed by atoms with E-state index < -0.39 is 28.1 Å². The molecule has 0 radical (unpaired) electrons. The van der Waals surface area contributed by atoms with Crippen molar-refractivity contribution in [2.45, 2.75) is 23.8 Å². The summed E-state index contributed by atoms with van der Waals surface area (Å²) in [7, 11) is -1.17. The number of fused-ring (bicyclic) bond motifs is 1. The molecule has 1 saturated heterocycles. The molecule has 0 aliphatic carbocycles. The van der Waals surface area contributed by atoms with Gasteiger partial charge >= 0.3 is 17.9 Å². The summed E-state index contributed by atoms with van der Waals surface area (Å²) < 4.78 is 46.2. The van der Waals surface area contributed by atoms with Crippen molar-refractivity contribution in [3.8, 4) is 11.5 Å². The Morgan fingerprint density at radius 2 is 1.55 bits per heavy atom. The molecule has 274 valence electrons. The number of hydrogen-bond donors (Lipinski definition) is 3. The number of methoxy groups -OCH3 is 2. The molecule has 53 heavy (non-hydrogen) atoms. The minimum Gasteiger partial charge on any atom is -0.495 e. The maximum Gasteiger partial charge on any atom is 0.337 e. The molecule has 2 atom stereocenters. The van der Waals surface area contributed by atoms with Gasteiger partial charge in [0.15, 0.2) is 0 Å². The van der Waals surface area contributed by atoms with E-state index in [1.165, 1.54) is 14.2 Å². The second-order valence-electron chi connectivity index (χ2n) is 12.6. The van der Waals surface area contributed by atoms with Gasteiger partial charge in [-0.25, -0.2) is 32.0 Å². The van der Waals surface area contributed by atoms with Crippen molar-refractivity contribution in [1.29, 1.82) is 0 Å². The number of carbonyl (C=O) groups is 3. The number of likely N-dealkylation sites (tertiary alicyclic amines) is 1. The quantitative estimate of drug-likeness (QED) is 0.0952. The molecule has 6 rings (SSSR count). The molecule has 1 fully saturated rings. The van der Waals surface area contributed by atoms with E-state index in [2.05, 4.69) is 15.4 Å². The van der Waals surface area contributed by atoms with Crippen LogP contribution in [0.5, 0.6) is 11.5 Å². The number of halogens is 1. The van der Waals surface area contributed by atoms with E-state index >= 15 is 0 Å². The molecule has 0 spiro atoms. The van der Waals surface area contributed by atoms with Gasteiger partial charge < -0.3 is 24.8 Å². The van der Waals surface area contributed by atoms with Crippen molar-refractivity contribution < 1.29 is 41.5 Å². The lowest BCUT2D eigenvalue weighted by atomic mass is 10.1. The number of esters is 1. The predicted octanol–water partition coefficient (Wildman–Crippen LogP) is 6.61. The molecule has 2 unspecified atom stereocenters. The van der Waals surface area contributed by atoms with Crippen LogP contribution >= 0.6 is 11.6 Å². The molecular weight excluding hydrogens is 720 g/mol. The predicted molar refractivity (Wildman–Crippen MR) is 202 cm³/mol. The molecule has 0 saturated carbocycles. The third-order valence-corrected chi connectivity index (χ3v) is 11.0. The number of nitrogens with one attached hydrogen (secondary N) is 3. The summed E-state index contributed by atoms with van der Waals surface area (Å²) in [4.78, 5) is 39.1. The molecule has 3 N–H and O–H groups in total. The second-order valence-corrected chi connectivity index (χ2v) is 14.7. The minimum absolute atomic E-state index is 0.0305. The Morgan fingerprint density at radius 1 is 0.830 bits per heavy atom. The lowest BCUT2D eigenvalue weighted by molar-refractivity contribution is -0.859.